The Kier molecular flexibility index (Phi) is 8.09. The predicted molar refractivity (Wildman–Crippen MR) is 115 cm³/mol. The van der Waals surface area contributed by atoms with Crippen molar-refractivity contribution < 1.29 is 23.1 Å². The first-order valence-electron chi connectivity index (χ1n) is 9.88. The Morgan fingerprint density at radius 1 is 1.00 bits per heavy atom. The van der Waals surface area contributed by atoms with Gasteiger partial charge in [-0.3, -0.25) is 9.36 Å². The summed E-state index contributed by atoms with van der Waals surface area (Å²) < 4.78 is 29.7. The van der Waals surface area contributed by atoms with E-state index in [4.69, 9.17) is 13.8 Å². The van der Waals surface area contributed by atoms with Gasteiger partial charge in [0, 0.05) is 5.56 Å². The number of benzene rings is 1. The average molecular weight is 413 g/mol. The lowest BCUT2D eigenvalue weighted by Gasteiger charge is -2.29. The van der Waals surface area contributed by atoms with Crippen LogP contribution in [0.25, 0.3) is 0 Å². The van der Waals surface area contributed by atoms with E-state index in [0.29, 0.717) is 11.3 Å². The number of methoxy groups -OCH3 is 1. The topological polar surface area (TPSA) is 61.8 Å². The Balaban J connectivity index is 3.69. The SMILES string of the molecule is CCOP(=O)(OCC)C(C)C(=O)c1cc(C(C)(C)C)cc(C(C)(C)C)c1OC. The molecule has 0 spiro atoms. The third-order valence-corrected chi connectivity index (χ3v) is 7.12. The average Bonchev–Trinajstić information content (AvgIpc) is 2.58. The second-order valence-corrected chi connectivity index (χ2v) is 11.4. The molecule has 1 aromatic rings. The van der Waals surface area contributed by atoms with Crippen LogP contribution in [0.4, 0.5) is 0 Å². The first-order valence-corrected chi connectivity index (χ1v) is 11.5. The summed E-state index contributed by atoms with van der Waals surface area (Å²) >= 11 is 0. The first-order chi connectivity index (χ1) is 12.7. The van der Waals surface area contributed by atoms with Crippen LogP contribution in [-0.4, -0.2) is 31.8 Å². The fourth-order valence-electron chi connectivity index (χ4n) is 3.01. The van der Waals surface area contributed by atoms with Crippen molar-refractivity contribution in [2.45, 2.75) is 78.8 Å². The highest BCUT2D eigenvalue weighted by atomic mass is 31.2. The Bertz CT molecular complexity index is 731. The van der Waals surface area contributed by atoms with E-state index in [1.165, 1.54) is 0 Å². The van der Waals surface area contributed by atoms with Gasteiger partial charge in [0.2, 0.25) is 0 Å². The molecule has 0 N–H and O–H groups in total. The fraction of sp³-hybridized carbons (Fsp3) is 0.682. The van der Waals surface area contributed by atoms with Crippen molar-refractivity contribution in [1.82, 2.24) is 0 Å². The predicted octanol–water partition coefficient (Wildman–Crippen LogP) is 6.13. The molecule has 1 rings (SSSR count). The lowest BCUT2D eigenvalue weighted by molar-refractivity contribution is 0.0970. The van der Waals surface area contributed by atoms with Crippen LogP contribution in [0.2, 0.25) is 0 Å². The van der Waals surface area contributed by atoms with Crippen LogP contribution < -0.4 is 4.74 Å². The largest absolute Gasteiger partial charge is 0.496 e. The molecular weight excluding hydrogens is 375 g/mol. The second-order valence-electron chi connectivity index (χ2n) is 9.02. The molecule has 6 heteroatoms. The molecule has 0 aliphatic rings. The summed E-state index contributed by atoms with van der Waals surface area (Å²) in [7, 11) is -2.02. The van der Waals surface area contributed by atoms with Crippen molar-refractivity contribution in [3.8, 4) is 5.75 Å². The summed E-state index contributed by atoms with van der Waals surface area (Å²) in [4.78, 5) is 13.5. The van der Waals surface area contributed by atoms with E-state index in [1.807, 2.05) is 6.07 Å². The summed E-state index contributed by atoms with van der Waals surface area (Å²) in [5.74, 6) is 0.232. The summed E-state index contributed by atoms with van der Waals surface area (Å²) in [6.45, 7) is 18.1. The van der Waals surface area contributed by atoms with E-state index in [0.717, 1.165) is 11.1 Å². The molecule has 0 aliphatic carbocycles. The minimum atomic E-state index is -3.58. The van der Waals surface area contributed by atoms with Gasteiger partial charge in [-0.1, -0.05) is 47.6 Å². The third kappa shape index (κ3) is 5.46. The van der Waals surface area contributed by atoms with Gasteiger partial charge in [-0.25, -0.2) is 0 Å². The van der Waals surface area contributed by atoms with E-state index >= 15 is 0 Å². The van der Waals surface area contributed by atoms with Crippen molar-refractivity contribution in [3.63, 3.8) is 0 Å². The molecular formula is C22H37O5P. The summed E-state index contributed by atoms with van der Waals surface area (Å²) in [5.41, 5.74) is 1.08. The maximum absolute atomic E-state index is 13.5. The summed E-state index contributed by atoms with van der Waals surface area (Å²) in [5, 5.41) is 0. The number of ether oxygens (including phenoxy) is 1. The number of rotatable bonds is 8. The Morgan fingerprint density at radius 3 is 1.86 bits per heavy atom. The molecule has 0 heterocycles. The zero-order valence-electron chi connectivity index (χ0n) is 19.1. The minimum absolute atomic E-state index is 0.159. The molecule has 1 atom stereocenters. The minimum Gasteiger partial charge on any atom is -0.496 e. The number of carbonyl (C=O) groups is 1. The molecule has 0 saturated heterocycles. The molecule has 1 aromatic carbocycles. The maximum atomic E-state index is 13.5. The summed E-state index contributed by atoms with van der Waals surface area (Å²) in [6.07, 6.45) is 0. The van der Waals surface area contributed by atoms with Crippen molar-refractivity contribution in [2.75, 3.05) is 20.3 Å². The molecule has 28 heavy (non-hydrogen) atoms. The van der Waals surface area contributed by atoms with E-state index in [2.05, 4.69) is 47.6 Å². The Morgan fingerprint density at radius 2 is 1.50 bits per heavy atom. The number of ketones is 1. The van der Waals surface area contributed by atoms with Crippen molar-refractivity contribution in [3.05, 3.63) is 28.8 Å². The van der Waals surface area contributed by atoms with Gasteiger partial charge >= 0.3 is 7.60 Å². The van der Waals surface area contributed by atoms with Crippen LogP contribution in [0.15, 0.2) is 12.1 Å². The molecule has 160 valence electrons. The van der Waals surface area contributed by atoms with E-state index in [9.17, 15) is 9.36 Å². The number of hydrogen-bond donors (Lipinski definition) is 0. The molecule has 0 bridgehead atoms. The molecule has 0 aromatic heterocycles. The van der Waals surface area contributed by atoms with Crippen LogP contribution in [-0.2, 0) is 24.4 Å². The van der Waals surface area contributed by atoms with Crippen LogP contribution in [0, 0.1) is 0 Å². The van der Waals surface area contributed by atoms with Gasteiger partial charge in [-0.15, -0.1) is 0 Å². The zero-order valence-corrected chi connectivity index (χ0v) is 20.0. The van der Waals surface area contributed by atoms with Crippen LogP contribution >= 0.6 is 7.60 Å². The standard InChI is InChI=1S/C22H37O5P/c1-11-26-28(24,27-12-2)15(3)19(23)17-13-16(21(4,5)6)14-18(20(17)25-10)22(7,8)9/h13-15H,11-12H2,1-10H3. The lowest BCUT2D eigenvalue weighted by atomic mass is 9.78. The Labute approximate surface area is 170 Å². The fourth-order valence-corrected chi connectivity index (χ4v) is 4.68. The smallest absolute Gasteiger partial charge is 0.341 e. The zero-order chi connectivity index (χ0) is 21.9. The second kappa shape index (κ2) is 9.11. The van der Waals surface area contributed by atoms with Gasteiger partial charge in [0.05, 0.1) is 25.9 Å². The molecule has 0 radical (unpaired) electrons. The molecule has 0 fully saturated rings. The first kappa shape index (κ1) is 24.9. The van der Waals surface area contributed by atoms with Gasteiger partial charge in [-0.2, -0.15) is 0 Å². The van der Waals surface area contributed by atoms with Crippen molar-refractivity contribution >= 4 is 13.4 Å². The Hall–Kier alpha value is -1.16. The quantitative estimate of drug-likeness (QED) is 0.380. The van der Waals surface area contributed by atoms with E-state index in [1.54, 1.807) is 27.9 Å². The van der Waals surface area contributed by atoms with Gasteiger partial charge in [-0.05, 0) is 43.2 Å². The van der Waals surface area contributed by atoms with Crippen molar-refractivity contribution in [2.24, 2.45) is 0 Å². The van der Waals surface area contributed by atoms with E-state index < -0.39 is 13.3 Å². The number of carbonyl (C=O) groups excluding carboxylic acids is 1. The van der Waals surface area contributed by atoms with Crippen LogP contribution in [0.1, 0.15) is 83.8 Å². The van der Waals surface area contributed by atoms with Crippen LogP contribution in [0.5, 0.6) is 5.75 Å². The molecule has 0 amide bonds. The number of Topliss-reactive ketones (excluding diaryl/α,β-unsaturated/α-hetero) is 1. The monoisotopic (exact) mass is 412 g/mol. The van der Waals surface area contributed by atoms with Crippen LogP contribution in [0.3, 0.4) is 0 Å². The maximum Gasteiger partial charge on any atom is 0.341 e. The molecule has 0 saturated carbocycles. The highest BCUT2D eigenvalue weighted by molar-refractivity contribution is 7.55. The molecule has 0 aliphatic heterocycles. The highest BCUT2D eigenvalue weighted by Crippen LogP contribution is 2.54. The summed E-state index contributed by atoms with van der Waals surface area (Å²) in [6, 6.07) is 3.96. The van der Waals surface area contributed by atoms with Gasteiger partial charge in [0.25, 0.3) is 0 Å². The number of hydrogen-bond acceptors (Lipinski definition) is 5. The van der Waals surface area contributed by atoms with Gasteiger partial charge in [0.1, 0.15) is 11.4 Å². The van der Waals surface area contributed by atoms with Crippen molar-refractivity contribution in [1.29, 1.82) is 0 Å². The van der Waals surface area contributed by atoms with Gasteiger partial charge < -0.3 is 13.8 Å². The van der Waals surface area contributed by atoms with E-state index in [-0.39, 0.29) is 29.8 Å². The molecule has 1 unspecified atom stereocenters. The lowest BCUT2D eigenvalue weighted by Crippen LogP contribution is -2.25. The third-order valence-electron chi connectivity index (χ3n) is 4.70. The normalized spacial score (nSPS) is 14.1. The highest BCUT2D eigenvalue weighted by Gasteiger charge is 2.40. The molecule has 5 nitrogen and oxygen atoms in total. The van der Waals surface area contributed by atoms with Gasteiger partial charge in [0.15, 0.2) is 5.78 Å².